The molecule has 1 saturated heterocycles. The molecule has 4 rings (SSSR count). The number of aromatic nitrogens is 1. The molecular weight excluding hydrogens is 322 g/mol. The van der Waals surface area contributed by atoms with Crippen molar-refractivity contribution in [3.8, 4) is 0 Å². The SMILES string of the molecule is O=C(Cc1cccs1)N1CCN(Cc2noc3ccccc23)CC1. The molecular formula is C18H19N3O2S. The van der Waals surface area contributed by atoms with Gasteiger partial charge in [-0.15, -0.1) is 11.3 Å². The normalized spacial score (nSPS) is 15.9. The van der Waals surface area contributed by atoms with Crippen molar-refractivity contribution in [2.24, 2.45) is 0 Å². The van der Waals surface area contributed by atoms with Gasteiger partial charge in [-0.1, -0.05) is 23.4 Å². The van der Waals surface area contributed by atoms with E-state index in [-0.39, 0.29) is 5.91 Å². The Morgan fingerprint density at radius 3 is 2.75 bits per heavy atom. The maximum Gasteiger partial charge on any atom is 0.227 e. The molecule has 0 atom stereocenters. The summed E-state index contributed by atoms with van der Waals surface area (Å²) in [6.07, 6.45) is 0.519. The summed E-state index contributed by atoms with van der Waals surface area (Å²) in [5.41, 5.74) is 1.81. The van der Waals surface area contributed by atoms with Crippen LogP contribution in [0.5, 0.6) is 0 Å². The highest BCUT2D eigenvalue weighted by Gasteiger charge is 2.22. The van der Waals surface area contributed by atoms with E-state index in [1.807, 2.05) is 46.7 Å². The highest BCUT2D eigenvalue weighted by atomic mass is 32.1. The Morgan fingerprint density at radius 2 is 1.96 bits per heavy atom. The number of benzene rings is 1. The van der Waals surface area contributed by atoms with Gasteiger partial charge in [0.2, 0.25) is 5.91 Å². The van der Waals surface area contributed by atoms with Crippen molar-refractivity contribution in [2.45, 2.75) is 13.0 Å². The van der Waals surface area contributed by atoms with Gasteiger partial charge in [-0.2, -0.15) is 0 Å². The largest absolute Gasteiger partial charge is 0.356 e. The van der Waals surface area contributed by atoms with E-state index in [0.717, 1.165) is 54.3 Å². The van der Waals surface area contributed by atoms with Gasteiger partial charge in [-0.05, 0) is 23.6 Å². The second kappa shape index (κ2) is 6.75. The molecule has 0 saturated carbocycles. The molecule has 0 spiro atoms. The zero-order valence-electron chi connectivity index (χ0n) is 13.4. The third-order valence-corrected chi connectivity index (χ3v) is 5.33. The van der Waals surface area contributed by atoms with Gasteiger partial charge in [0.25, 0.3) is 0 Å². The number of nitrogens with zero attached hydrogens (tertiary/aromatic N) is 3. The minimum absolute atomic E-state index is 0.226. The standard InChI is InChI=1S/C18H19N3O2S/c22-18(12-14-4-3-11-24-14)21-9-7-20(8-10-21)13-16-15-5-1-2-6-17(15)23-19-16/h1-6,11H,7-10,12-13H2. The molecule has 5 nitrogen and oxygen atoms in total. The van der Waals surface area contributed by atoms with Gasteiger partial charge in [0.05, 0.1) is 6.42 Å². The lowest BCUT2D eigenvalue weighted by molar-refractivity contribution is -0.132. The van der Waals surface area contributed by atoms with Crippen LogP contribution in [0, 0.1) is 0 Å². The Kier molecular flexibility index (Phi) is 4.32. The van der Waals surface area contributed by atoms with Crippen molar-refractivity contribution < 1.29 is 9.32 Å². The van der Waals surface area contributed by atoms with E-state index < -0.39 is 0 Å². The summed E-state index contributed by atoms with van der Waals surface area (Å²) in [6, 6.07) is 12.0. The Hall–Kier alpha value is -2.18. The van der Waals surface area contributed by atoms with Crippen LogP contribution in [0.2, 0.25) is 0 Å². The third kappa shape index (κ3) is 3.20. The summed E-state index contributed by atoms with van der Waals surface area (Å²) >= 11 is 1.64. The fraction of sp³-hybridized carbons (Fsp3) is 0.333. The molecule has 3 heterocycles. The predicted molar refractivity (Wildman–Crippen MR) is 93.9 cm³/mol. The minimum Gasteiger partial charge on any atom is -0.356 e. The van der Waals surface area contributed by atoms with E-state index in [0.29, 0.717) is 6.42 Å². The molecule has 124 valence electrons. The molecule has 1 aliphatic rings. The summed E-state index contributed by atoms with van der Waals surface area (Å²) in [7, 11) is 0. The first-order chi connectivity index (χ1) is 11.8. The molecule has 0 N–H and O–H groups in total. The van der Waals surface area contributed by atoms with E-state index in [2.05, 4.69) is 10.1 Å². The maximum absolute atomic E-state index is 12.4. The molecule has 24 heavy (non-hydrogen) atoms. The van der Waals surface area contributed by atoms with Crippen molar-refractivity contribution >= 4 is 28.2 Å². The molecule has 0 bridgehead atoms. The zero-order valence-corrected chi connectivity index (χ0v) is 14.2. The van der Waals surface area contributed by atoms with Crippen LogP contribution in [0.4, 0.5) is 0 Å². The Balaban J connectivity index is 1.33. The average molecular weight is 341 g/mol. The molecule has 0 radical (unpaired) electrons. The fourth-order valence-corrected chi connectivity index (χ4v) is 3.79. The van der Waals surface area contributed by atoms with Crippen molar-refractivity contribution in [1.82, 2.24) is 15.0 Å². The van der Waals surface area contributed by atoms with E-state index in [1.54, 1.807) is 11.3 Å². The summed E-state index contributed by atoms with van der Waals surface area (Å²) in [5, 5.41) is 7.29. The van der Waals surface area contributed by atoms with Gasteiger partial charge < -0.3 is 9.42 Å². The van der Waals surface area contributed by atoms with Crippen LogP contribution in [0.1, 0.15) is 10.6 Å². The van der Waals surface area contributed by atoms with Crippen molar-refractivity contribution in [1.29, 1.82) is 0 Å². The number of fused-ring (bicyclic) bond motifs is 1. The first-order valence-electron chi connectivity index (χ1n) is 8.15. The quantitative estimate of drug-likeness (QED) is 0.732. The molecule has 0 unspecified atom stereocenters. The number of thiophene rings is 1. The molecule has 6 heteroatoms. The Labute approximate surface area is 144 Å². The lowest BCUT2D eigenvalue weighted by Crippen LogP contribution is -2.48. The van der Waals surface area contributed by atoms with Crippen LogP contribution in [-0.2, 0) is 17.8 Å². The molecule has 2 aromatic heterocycles. The lowest BCUT2D eigenvalue weighted by atomic mass is 10.2. The van der Waals surface area contributed by atoms with Crippen LogP contribution in [0.15, 0.2) is 46.3 Å². The van der Waals surface area contributed by atoms with Crippen molar-refractivity contribution in [3.05, 3.63) is 52.3 Å². The summed E-state index contributed by atoms with van der Waals surface area (Å²) in [6.45, 7) is 4.07. The maximum atomic E-state index is 12.4. The first-order valence-corrected chi connectivity index (χ1v) is 9.03. The second-order valence-electron chi connectivity index (χ2n) is 6.04. The zero-order chi connectivity index (χ0) is 16.4. The van der Waals surface area contributed by atoms with E-state index >= 15 is 0 Å². The van der Waals surface area contributed by atoms with Crippen molar-refractivity contribution in [3.63, 3.8) is 0 Å². The number of amides is 1. The van der Waals surface area contributed by atoms with Gasteiger partial charge in [-0.3, -0.25) is 9.69 Å². The lowest BCUT2D eigenvalue weighted by Gasteiger charge is -2.34. The van der Waals surface area contributed by atoms with E-state index in [9.17, 15) is 4.79 Å². The van der Waals surface area contributed by atoms with Crippen LogP contribution >= 0.6 is 11.3 Å². The van der Waals surface area contributed by atoms with Gasteiger partial charge in [-0.25, -0.2) is 0 Å². The number of piperazine rings is 1. The summed E-state index contributed by atoms with van der Waals surface area (Å²) in [4.78, 5) is 17.8. The molecule has 1 aromatic carbocycles. The van der Waals surface area contributed by atoms with E-state index in [1.165, 1.54) is 0 Å². The Morgan fingerprint density at radius 1 is 1.12 bits per heavy atom. The number of carbonyl (C=O) groups excluding carboxylic acids is 1. The number of rotatable bonds is 4. The summed E-state index contributed by atoms with van der Waals surface area (Å²) in [5.74, 6) is 0.226. The number of para-hydroxylation sites is 1. The van der Waals surface area contributed by atoms with Crippen LogP contribution in [0.3, 0.4) is 0 Å². The van der Waals surface area contributed by atoms with Gasteiger partial charge >= 0.3 is 0 Å². The predicted octanol–water partition coefficient (Wildman–Crippen LogP) is 2.78. The summed E-state index contributed by atoms with van der Waals surface area (Å²) < 4.78 is 5.37. The Bertz CT molecular complexity index is 820. The topological polar surface area (TPSA) is 49.6 Å². The minimum atomic E-state index is 0.226. The number of hydrogen-bond acceptors (Lipinski definition) is 5. The number of carbonyl (C=O) groups is 1. The molecule has 0 aliphatic carbocycles. The average Bonchev–Trinajstić information content (AvgIpc) is 3.26. The van der Waals surface area contributed by atoms with Crippen LogP contribution in [0.25, 0.3) is 11.0 Å². The molecule has 3 aromatic rings. The first kappa shape index (κ1) is 15.4. The third-order valence-electron chi connectivity index (χ3n) is 4.46. The number of hydrogen-bond donors (Lipinski definition) is 0. The molecule has 1 aliphatic heterocycles. The van der Waals surface area contributed by atoms with Gasteiger partial charge in [0.1, 0.15) is 5.69 Å². The fourth-order valence-electron chi connectivity index (χ4n) is 3.09. The molecule has 1 fully saturated rings. The monoisotopic (exact) mass is 341 g/mol. The van der Waals surface area contributed by atoms with Crippen molar-refractivity contribution in [2.75, 3.05) is 26.2 Å². The molecule has 1 amide bonds. The van der Waals surface area contributed by atoms with Crippen LogP contribution < -0.4 is 0 Å². The highest BCUT2D eigenvalue weighted by molar-refractivity contribution is 7.10. The second-order valence-corrected chi connectivity index (χ2v) is 7.07. The van der Waals surface area contributed by atoms with E-state index in [4.69, 9.17) is 4.52 Å². The van der Waals surface area contributed by atoms with Crippen LogP contribution in [-0.4, -0.2) is 47.0 Å². The highest BCUT2D eigenvalue weighted by Crippen LogP contribution is 2.20. The van der Waals surface area contributed by atoms with Gasteiger partial charge in [0, 0.05) is 43.0 Å². The smallest absolute Gasteiger partial charge is 0.227 e. The van der Waals surface area contributed by atoms with Gasteiger partial charge in [0.15, 0.2) is 5.58 Å².